The zero-order valence-corrected chi connectivity index (χ0v) is 12.3. The summed E-state index contributed by atoms with van der Waals surface area (Å²) in [5.74, 6) is 1.47. The highest BCUT2D eigenvalue weighted by molar-refractivity contribution is 5.83. The van der Waals surface area contributed by atoms with Gasteiger partial charge in [0, 0.05) is 19.6 Å². The minimum atomic E-state index is -0.648. The van der Waals surface area contributed by atoms with Gasteiger partial charge in [0.1, 0.15) is 0 Å². The number of carbonyl (C=O) groups is 1. The van der Waals surface area contributed by atoms with E-state index < -0.39 is 5.41 Å². The number of hydrogen-bond acceptors (Lipinski definition) is 5. The van der Waals surface area contributed by atoms with Gasteiger partial charge in [-0.05, 0) is 24.6 Å². The van der Waals surface area contributed by atoms with E-state index in [1.165, 1.54) is 0 Å². The molecule has 1 amide bonds. The molecular weight excluding hydrogens is 272 g/mol. The number of hydrogen-bond donors (Lipinski definition) is 1. The lowest BCUT2D eigenvalue weighted by Gasteiger charge is -2.30. The molecule has 6 nitrogen and oxygen atoms in total. The number of nitrogens with two attached hydrogens (primary N) is 1. The third-order valence-electron chi connectivity index (χ3n) is 4.21. The fourth-order valence-corrected chi connectivity index (χ4v) is 2.73. The van der Waals surface area contributed by atoms with Crippen molar-refractivity contribution < 1.29 is 19.0 Å². The summed E-state index contributed by atoms with van der Waals surface area (Å²) >= 11 is 0. The maximum Gasteiger partial charge on any atom is 0.232 e. The Bertz CT molecular complexity index is 563. The first-order valence-electron chi connectivity index (χ1n) is 6.98. The lowest BCUT2D eigenvalue weighted by molar-refractivity contribution is -0.140. The van der Waals surface area contributed by atoms with Crippen LogP contribution in [0, 0.1) is 5.41 Å². The molecule has 2 aliphatic rings. The molecule has 2 heterocycles. The molecule has 3 rings (SSSR count). The van der Waals surface area contributed by atoms with Crippen LogP contribution < -0.4 is 15.2 Å². The summed E-state index contributed by atoms with van der Waals surface area (Å²) in [5, 5.41) is 0. The summed E-state index contributed by atoms with van der Waals surface area (Å²) in [6, 6.07) is 5.44. The van der Waals surface area contributed by atoms with E-state index in [-0.39, 0.29) is 18.7 Å². The van der Waals surface area contributed by atoms with E-state index in [2.05, 4.69) is 0 Å². The van der Waals surface area contributed by atoms with Crippen molar-refractivity contribution >= 4 is 5.91 Å². The number of ether oxygens (including phenoxy) is 3. The van der Waals surface area contributed by atoms with Crippen LogP contribution in [-0.2, 0) is 16.1 Å². The van der Waals surface area contributed by atoms with Crippen LogP contribution in [0.1, 0.15) is 12.5 Å². The average molecular weight is 292 g/mol. The molecule has 6 heteroatoms. The van der Waals surface area contributed by atoms with Gasteiger partial charge in [0.2, 0.25) is 12.7 Å². The molecular formula is C15H20N2O4. The van der Waals surface area contributed by atoms with E-state index >= 15 is 0 Å². The van der Waals surface area contributed by atoms with Gasteiger partial charge in [-0.25, -0.2) is 0 Å². The van der Waals surface area contributed by atoms with Gasteiger partial charge in [0.25, 0.3) is 0 Å². The van der Waals surface area contributed by atoms with Crippen molar-refractivity contribution in [3.05, 3.63) is 23.8 Å². The first kappa shape index (κ1) is 14.2. The minimum Gasteiger partial charge on any atom is -0.454 e. The molecule has 2 unspecified atom stereocenters. The number of nitrogens with zero attached hydrogens (tertiary/aromatic N) is 1. The number of benzene rings is 1. The second-order valence-corrected chi connectivity index (χ2v) is 5.89. The Kier molecular flexibility index (Phi) is 3.51. The van der Waals surface area contributed by atoms with E-state index in [9.17, 15) is 4.79 Å². The Morgan fingerprint density at radius 3 is 2.90 bits per heavy atom. The van der Waals surface area contributed by atoms with E-state index in [4.69, 9.17) is 19.9 Å². The predicted octanol–water partition coefficient (Wildman–Crippen LogP) is 0.737. The largest absolute Gasteiger partial charge is 0.454 e. The second-order valence-electron chi connectivity index (χ2n) is 5.89. The van der Waals surface area contributed by atoms with Gasteiger partial charge in [0.15, 0.2) is 11.5 Å². The normalized spacial score (nSPS) is 26.9. The number of amides is 1. The zero-order valence-electron chi connectivity index (χ0n) is 12.3. The standard InChI is InChI=1S/C15H20N2O4/c1-15(8-19-7-13(15)16)14(18)17(2)6-10-3-4-11-12(5-10)21-9-20-11/h3-5,13H,6-9,16H2,1-2H3. The third-order valence-corrected chi connectivity index (χ3v) is 4.21. The fraction of sp³-hybridized carbons (Fsp3) is 0.533. The molecule has 2 N–H and O–H groups in total. The van der Waals surface area contributed by atoms with Gasteiger partial charge in [0.05, 0.1) is 18.6 Å². The van der Waals surface area contributed by atoms with Crippen LogP contribution in [0.5, 0.6) is 11.5 Å². The Morgan fingerprint density at radius 2 is 2.19 bits per heavy atom. The Labute approximate surface area is 123 Å². The summed E-state index contributed by atoms with van der Waals surface area (Å²) in [6.07, 6.45) is 0. The van der Waals surface area contributed by atoms with Gasteiger partial charge < -0.3 is 24.8 Å². The lowest BCUT2D eigenvalue weighted by Crippen LogP contribution is -2.50. The molecule has 2 atom stereocenters. The van der Waals surface area contributed by atoms with Crippen molar-refractivity contribution in [2.75, 3.05) is 27.1 Å². The van der Waals surface area contributed by atoms with Crippen molar-refractivity contribution in [3.63, 3.8) is 0 Å². The Balaban J connectivity index is 1.71. The van der Waals surface area contributed by atoms with Crippen molar-refractivity contribution in [1.82, 2.24) is 4.90 Å². The quantitative estimate of drug-likeness (QED) is 0.889. The van der Waals surface area contributed by atoms with Crippen LogP contribution in [-0.4, -0.2) is 43.9 Å². The van der Waals surface area contributed by atoms with Crippen molar-refractivity contribution in [2.45, 2.75) is 19.5 Å². The summed E-state index contributed by atoms with van der Waals surface area (Å²) in [5.41, 5.74) is 6.35. The fourth-order valence-electron chi connectivity index (χ4n) is 2.73. The van der Waals surface area contributed by atoms with Crippen molar-refractivity contribution in [3.8, 4) is 11.5 Å². The first-order chi connectivity index (χ1) is 10.0. The highest BCUT2D eigenvalue weighted by Gasteiger charge is 2.45. The smallest absolute Gasteiger partial charge is 0.232 e. The second kappa shape index (κ2) is 5.20. The molecule has 0 aromatic heterocycles. The summed E-state index contributed by atoms with van der Waals surface area (Å²) in [6.45, 7) is 3.41. The van der Waals surface area contributed by atoms with Crippen LogP contribution in [0.2, 0.25) is 0 Å². The summed E-state index contributed by atoms with van der Waals surface area (Å²) < 4.78 is 16.0. The molecule has 0 radical (unpaired) electrons. The SMILES string of the molecule is CN(Cc1ccc2c(c1)OCO2)C(=O)C1(C)COCC1N. The minimum absolute atomic E-state index is 0.00478. The summed E-state index contributed by atoms with van der Waals surface area (Å²) in [4.78, 5) is 14.3. The van der Waals surface area contributed by atoms with Crippen LogP contribution in [0.3, 0.4) is 0 Å². The van der Waals surface area contributed by atoms with Crippen LogP contribution in [0.15, 0.2) is 18.2 Å². The van der Waals surface area contributed by atoms with Crippen molar-refractivity contribution in [1.29, 1.82) is 0 Å². The van der Waals surface area contributed by atoms with E-state index in [0.717, 1.165) is 17.1 Å². The molecule has 0 aliphatic carbocycles. The molecule has 114 valence electrons. The molecule has 21 heavy (non-hydrogen) atoms. The van der Waals surface area contributed by atoms with E-state index in [0.29, 0.717) is 19.8 Å². The average Bonchev–Trinajstić information content (AvgIpc) is 3.05. The first-order valence-corrected chi connectivity index (χ1v) is 6.98. The lowest BCUT2D eigenvalue weighted by atomic mass is 9.84. The van der Waals surface area contributed by atoms with Crippen molar-refractivity contribution in [2.24, 2.45) is 11.1 Å². The molecule has 0 spiro atoms. The molecule has 2 aliphatic heterocycles. The van der Waals surface area contributed by atoms with Crippen LogP contribution in [0.4, 0.5) is 0 Å². The van der Waals surface area contributed by atoms with Gasteiger partial charge in [-0.1, -0.05) is 6.07 Å². The highest BCUT2D eigenvalue weighted by Crippen LogP contribution is 2.33. The van der Waals surface area contributed by atoms with Gasteiger partial charge in [-0.2, -0.15) is 0 Å². The molecule has 1 fully saturated rings. The molecule has 1 aromatic carbocycles. The topological polar surface area (TPSA) is 74.0 Å². The van der Waals surface area contributed by atoms with Gasteiger partial charge in [-0.3, -0.25) is 4.79 Å². The maximum absolute atomic E-state index is 12.6. The molecule has 0 bridgehead atoms. The number of fused-ring (bicyclic) bond motifs is 1. The number of carbonyl (C=O) groups excluding carboxylic acids is 1. The third kappa shape index (κ3) is 2.45. The molecule has 1 saturated heterocycles. The van der Waals surface area contributed by atoms with Gasteiger partial charge in [-0.15, -0.1) is 0 Å². The highest BCUT2D eigenvalue weighted by atomic mass is 16.7. The van der Waals surface area contributed by atoms with Gasteiger partial charge >= 0.3 is 0 Å². The maximum atomic E-state index is 12.6. The Morgan fingerprint density at radius 1 is 1.43 bits per heavy atom. The Hall–Kier alpha value is -1.79. The van der Waals surface area contributed by atoms with Crippen LogP contribution >= 0.6 is 0 Å². The molecule has 0 saturated carbocycles. The van der Waals surface area contributed by atoms with E-state index in [1.807, 2.05) is 25.1 Å². The number of rotatable bonds is 3. The predicted molar refractivity (Wildman–Crippen MR) is 75.9 cm³/mol. The summed E-state index contributed by atoms with van der Waals surface area (Å²) in [7, 11) is 1.78. The van der Waals surface area contributed by atoms with E-state index in [1.54, 1.807) is 11.9 Å². The molecule has 1 aromatic rings. The zero-order chi connectivity index (χ0) is 15.0. The van der Waals surface area contributed by atoms with Crippen LogP contribution in [0.25, 0.3) is 0 Å². The monoisotopic (exact) mass is 292 g/mol.